The molecule has 3 nitrogen and oxygen atoms in total. The predicted octanol–water partition coefficient (Wildman–Crippen LogP) is 2.23. The maximum atomic E-state index is 12.3. The molecule has 0 aromatic heterocycles. The van der Waals surface area contributed by atoms with Crippen molar-refractivity contribution in [3.8, 4) is 0 Å². The van der Waals surface area contributed by atoms with Crippen molar-refractivity contribution in [2.24, 2.45) is 0 Å². The van der Waals surface area contributed by atoms with Gasteiger partial charge < -0.3 is 9.80 Å². The highest BCUT2D eigenvalue weighted by Gasteiger charge is 2.59. The van der Waals surface area contributed by atoms with Crippen LogP contribution in [0.25, 0.3) is 0 Å². The third kappa shape index (κ3) is 1.85. The van der Waals surface area contributed by atoms with Crippen molar-refractivity contribution in [3.05, 3.63) is 0 Å². The molecule has 1 saturated carbocycles. The molecule has 16 heavy (non-hydrogen) atoms. The van der Waals surface area contributed by atoms with Crippen LogP contribution < -0.4 is 0 Å². The van der Waals surface area contributed by atoms with Crippen molar-refractivity contribution in [2.45, 2.75) is 44.4 Å². The van der Waals surface area contributed by atoms with Gasteiger partial charge in [0, 0.05) is 12.6 Å². The first-order chi connectivity index (χ1) is 7.25. The molecule has 2 aliphatic rings. The van der Waals surface area contributed by atoms with Crippen LogP contribution in [-0.2, 0) is 0 Å². The van der Waals surface area contributed by atoms with E-state index in [2.05, 4.69) is 0 Å². The molecule has 2 rings (SSSR count). The zero-order valence-corrected chi connectivity index (χ0v) is 9.34. The van der Waals surface area contributed by atoms with E-state index in [0.717, 1.165) is 17.7 Å². The van der Waals surface area contributed by atoms with Crippen molar-refractivity contribution in [2.75, 3.05) is 13.1 Å². The minimum absolute atomic E-state index is 0.0340. The number of carbonyl (C=O) groups is 1. The first kappa shape index (κ1) is 11.5. The van der Waals surface area contributed by atoms with Crippen molar-refractivity contribution in [1.29, 1.82) is 0 Å². The Morgan fingerprint density at radius 2 is 1.94 bits per heavy atom. The van der Waals surface area contributed by atoms with Crippen LogP contribution in [0.5, 0.6) is 0 Å². The Balaban J connectivity index is 2.12. The van der Waals surface area contributed by atoms with Crippen molar-refractivity contribution >= 4 is 6.03 Å². The van der Waals surface area contributed by atoms with Crippen LogP contribution in [0.15, 0.2) is 0 Å². The van der Waals surface area contributed by atoms with Crippen LogP contribution in [-0.4, -0.2) is 46.7 Å². The monoisotopic (exact) mass is 236 g/mol. The average Bonchev–Trinajstić information content (AvgIpc) is 2.75. The molecule has 0 bridgehead atoms. The van der Waals surface area contributed by atoms with Gasteiger partial charge in [0.1, 0.15) is 6.54 Å². The molecule has 2 fully saturated rings. The number of hydrogen-bond donors (Lipinski definition) is 0. The van der Waals surface area contributed by atoms with Crippen LogP contribution in [0.3, 0.4) is 0 Å². The molecule has 0 N–H and O–H groups in total. The van der Waals surface area contributed by atoms with Crippen molar-refractivity contribution in [1.82, 2.24) is 9.80 Å². The van der Waals surface area contributed by atoms with Crippen LogP contribution in [0.2, 0.25) is 0 Å². The minimum Gasteiger partial charge on any atom is -0.315 e. The highest BCUT2D eigenvalue weighted by Crippen LogP contribution is 2.48. The maximum absolute atomic E-state index is 12.3. The van der Waals surface area contributed by atoms with E-state index in [1.807, 2.05) is 13.8 Å². The van der Waals surface area contributed by atoms with Crippen LogP contribution in [0.1, 0.15) is 26.7 Å². The molecule has 1 spiro atoms. The van der Waals surface area contributed by atoms with E-state index in [9.17, 15) is 18.0 Å². The minimum atomic E-state index is -4.31. The zero-order valence-electron chi connectivity index (χ0n) is 9.34. The molecule has 1 heterocycles. The molecule has 6 heteroatoms. The molecular weight excluding hydrogens is 221 g/mol. The molecule has 1 aliphatic carbocycles. The Bertz CT molecular complexity index is 310. The van der Waals surface area contributed by atoms with Gasteiger partial charge in [0.2, 0.25) is 0 Å². The number of amides is 2. The summed E-state index contributed by atoms with van der Waals surface area (Å²) in [5.41, 5.74) is -0.295. The first-order valence-corrected chi connectivity index (χ1v) is 5.40. The number of carbonyl (C=O) groups excluding carboxylic acids is 1. The number of nitrogens with zero attached hydrogens (tertiary/aromatic N) is 2. The topological polar surface area (TPSA) is 23.6 Å². The van der Waals surface area contributed by atoms with E-state index in [-0.39, 0.29) is 18.1 Å². The predicted molar refractivity (Wildman–Crippen MR) is 52.0 cm³/mol. The quantitative estimate of drug-likeness (QED) is 0.721. The van der Waals surface area contributed by atoms with Crippen LogP contribution >= 0.6 is 0 Å². The molecule has 0 aromatic carbocycles. The van der Waals surface area contributed by atoms with Gasteiger partial charge in [-0.3, -0.25) is 0 Å². The van der Waals surface area contributed by atoms with E-state index < -0.39 is 18.8 Å². The van der Waals surface area contributed by atoms with Crippen molar-refractivity contribution in [3.63, 3.8) is 0 Å². The van der Waals surface area contributed by atoms with Gasteiger partial charge >= 0.3 is 12.2 Å². The highest BCUT2D eigenvalue weighted by atomic mass is 19.4. The summed E-state index contributed by atoms with van der Waals surface area (Å²) in [5.74, 6) is 0. The van der Waals surface area contributed by atoms with Gasteiger partial charge in [-0.05, 0) is 26.7 Å². The maximum Gasteiger partial charge on any atom is 0.406 e. The van der Waals surface area contributed by atoms with Gasteiger partial charge in [0.25, 0.3) is 0 Å². The summed E-state index contributed by atoms with van der Waals surface area (Å²) in [6, 6.07) is -0.502. The lowest BCUT2D eigenvalue weighted by Crippen LogP contribution is -2.42. The van der Waals surface area contributed by atoms with Crippen LogP contribution in [0.4, 0.5) is 18.0 Å². The molecule has 0 aromatic rings. The fourth-order valence-corrected chi connectivity index (χ4v) is 2.51. The fourth-order valence-electron chi connectivity index (χ4n) is 2.51. The molecule has 1 saturated heterocycles. The second-order valence-electron chi connectivity index (χ2n) is 4.94. The third-order valence-corrected chi connectivity index (χ3v) is 3.19. The summed E-state index contributed by atoms with van der Waals surface area (Å²) in [5, 5.41) is 0. The Morgan fingerprint density at radius 3 is 2.25 bits per heavy atom. The molecule has 1 aliphatic heterocycles. The SMILES string of the molecule is CC(C)N1C(=O)N(CC(F)(F)F)CC12CC2. The molecule has 2 amide bonds. The first-order valence-electron chi connectivity index (χ1n) is 5.40. The molecular formula is C10H15F3N2O. The van der Waals surface area contributed by atoms with Crippen LogP contribution in [0, 0.1) is 0 Å². The summed E-state index contributed by atoms with van der Waals surface area (Å²) < 4.78 is 36.8. The second-order valence-corrected chi connectivity index (χ2v) is 4.94. The van der Waals surface area contributed by atoms with Crippen molar-refractivity contribution < 1.29 is 18.0 Å². The summed E-state index contributed by atoms with van der Waals surface area (Å²) in [6.07, 6.45) is -2.66. The summed E-state index contributed by atoms with van der Waals surface area (Å²) in [4.78, 5) is 14.4. The van der Waals surface area contributed by atoms with Gasteiger partial charge in [0.05, 0.1) is 5.54 Å². The summed E-state index contributed by atoms with van der Waals surface area (Å²) >= 11 is 0. The van der Waals surface area contributed by atoms with E-state index >= 15 is 0 Å². The average molecular weight is 236 g/mol. The van der Waals surface area contributed by atoms with Gasteiger partial charge in [-0.25, -0.2) is 4.79 Å². The van der Waals surface area contributed by atoms with E-state index in [4.69, 9.17) is 0 Å². The molecule has 0 unspecified atom stereocenters. The summed E-state index contributed by atoms with van der Waals surface area (Å²) in [6.45, 7) is 2.78. The smallest absolute Gasteiger partial charge is 0.315 e. The largest absolute Gasteiger partial charge is 0.406 e. The third-order valence-electron chi connectivity index (χ3n) is 3.19. The lowest BCUT2D eigenvalue weighted by molar-refractivity contribution is -0.138. The number of hydrogen-bond acceptors (Lipinski definition) is 1. The lowest BCUT2D eigenvalue weighted by Gasteiger charge is -2.27. The number of alkyl halides is 3. The van der Waals surface area contributed by atoms with Gasteiger partial charge in [-0.2, -0.15) is 13.2 Å². The highest BCUT2D eigenvalue weighted by molar-refractivity contribution is 5.79. The molecule has 92 valence electrons. The van der Waals surface area contributed by atoms with Gasteiger partial charge in [0.15, 0.2) is 0 Å². The van der Waals surface area contributed by atoms with E-state index in [0.29, 0.717) is 0 Å². The number of urea groups is 1. The normalized spacial score (nSPS) is 23.8. The van der Waals surface area contributed by atoms with E-state index in [1.54, 1.807) is 4.90 Å². The Labute approximate surface area is 92.2 Å². The fraction of sp³-hybridized carbons (Fsp3) is 0.900. The Hall–Kier alpha value is -0.940. The Morgan fingerprint density at radius 1 is 1.38 bits per heavy atom. The van der Waals surface area contributed by atoms with E-state index in [1.165, 1.54) is 0 Å². The van der Waals surface area contributed by atoms with Gasteiger partial charge in [-0.1, -0.05) is 0 Å². The Kier molecular flexibility index (Phi) is 2.36. The number of rotatable bonds is 2. The van der Waals surface area contributed by atoms with Gasteiger partial charge in [-0.15, -0.1) is 0 Å². The number of halogens is 3. The standard InChI is InChI=1S/C10H15F3N2O/c1-7(2)15-8(16)14(6-10(11,12)13)5-9(15)3-4-9/h7H,3-6H2,1-2H3. The second kappa shape index (κ2) is 3.28. The molecule has 0 atom stereocenters. The molecule has 0 radical (unpaired) electrons. The summed E-state index contributed by atoms with van der Waals surface area (Å²) in [7, 11) is 0. The lowest BCUT2D eigenvalue weighted by atomic mass is 10.2. The zero-order chi connectivity index (χ0) is 12.1.